The third kappa shape index (κ3) is 3.54. The molecule has 6 heteroatoms. The molecule has 0 saturated heterocycles. The molecule has 3 rings (SSSR count). The number of aryl methyl sites for hydroxylation is 2. The minimum absolute atomic E-state index is 0.250. The van der Waals surface area contributed by atoms with Crippen LogP contribution in [0.25, 0.3) is 22.4 Å². The lowest BCUT2D eigenvalue weighted by molar-refractivity contribution is 0.184. The van der Waals surface area contributed by atoms with E-state index < -0.39 is 0 Å². The van der Waals surface area contributed by atoms with Gasteiger partial charge in [0.2, 0.25) is 5.88 Å². The van der Waals surface area contributed by atoms with Gasteiger partial charge in [-0.1, -0.05) is 20.8 Å². The highest BCUT2D eigenvalue weighted by atomic mass is 16.5. The van der Waals surface area contributed by atoms with Crippen molar-refractivity contribution >= 4 is 11.2 Å². The Morgan fingerprint density at radius 2 is 1.81 bits per heavy atom. The maximum absolute atomic E-state index is 5.56. The summed E-state index contributed by atoms with van der Waals surface area (Å²) in [4.78, 5) is 14.5. The van der Waals surface area contributed by atoms with E-state index in [0.717, 1.165) is 39.4 Å². The van der Waals surface area contributed by atoms with E-state index in [4.69, 9.17) is 19.4 Å². The van der Waals surface area contributed by atoms with Gasteiger partial charge in [-0.05, 0) is 25.0 Å². The minimum atomic E-state index is 0.250. The van der Waals surface area contributed by atoms with E-state index in [-0.39, 0.29) is 5.92 Å². The Morgan fingerprint density at radius 1 is 1.07 bits per heavy atom. The number of hydrogen-bond acceptors (Lipinski definition) is 5. The molecule has 6 nitrogen and oxygen atoms in total. The second-order valence-electron chi connectivity index (χ2n) is 7.33. The molecule has 3 heterocycles. The Balaban J connectivity index is 2.17. The number of pyridine rings is 1. The van der Waals surface area contributed by atoms with Crippen LogP contribution in [0.15, 0.2) is 18.3 Å². The van der Waals surface area contributed by atoms with Crippen LogP contribution in [0.4, 0.5) is 0 Å². The molecule has 27 heavy (non-hydrogen) atoms. The molecule has 0 N–H and O–H groups in total. The smallest absolute Gasteiger partial charge is 0.222 e. The molecule has 1 unspecified atom stereocenters. The van der Waals surface area contributed by atoms with Crippen LogP contribution < -0.4 is 4.74 Å². The van der Waals surface area contributed by atoms with Crippen molar-refractivity contribution in [2.45, 2.75) is 39.5 Å². The molecule has 3 aromatic heterocycles. The van der Waals surface area contributed by atoms with Gasteiger partial charge in [0.05, 0.1) is 30.7 Å². The molecular weight excluding hydrogens is 340 g/mol. The number of aromatic nitrogens is 4. The summed E-state index contributed by atoms with van der Waals surface area (Å²) >= 11 is 0. The summed E-state index contributed by atoms with van der Waals surface area (Å²) in [6, 6.07) is 4.06. The molecule has 0 aromatic carbocycles. The van der Waals surface area contributed by atoms with Crippen LogP contribution in [0.2, 0.25) is 0 Å². The molecule has 0 amide bonds. The van der Waals surface area contributed by atoms with E-state index in [1.54, 1.807) is 14.2 Å². The topological polar surface area (TPSA) is 62.1 Å². The predicted molar refractivity (Wildman–Crippen MR) is 107 cm³/mol. The van der Waals surface area contributed by atoms with Crippen molar-refractivity contribution in [3.63, 3.8) is 0 Å². The molecule has 0 aliphatic carbocycles. The molecule has 3 aromatic rings. The second kappa shape index (κ2) is 7.64. The Kier molecular flexibility index (Phi) is 5.46. The number of hydrogen-bond donors (Lipinski definition) is 0. The van der Waals surface area contributed by atoms with Crippen molar-refractivity contribution in [1.29, 1.82) is 0 Å². The van der Waals surface area contributed by atoms with E-state index in [0.29, 0.717) is 18.4 Å². The summed E-state index contributed by atoms with van der Waals surface area (Å²) in [5.74, 6) is 1.17. The van der Waals surface area contributed by atoms with Gasteiger partial charge in [0.1, 0.15) is 5.52 Å². The molecule has 0 spiro atoms. The number of rotatable bonds is 6. The molecule has 0 aliphatic heterocycles. The quantitative estimate of drug-likeness (QED) is 0.652. The van der Waals surface area contributed by atoms with E-state index in [2.05, 4.69) is 32.0 Å². The third-order valence-electron chi connectivity index (χ3n) is 4.86. The molecule has 144 valence electrons. The van der Waals surface area contributed by atoms with Gasteiger partial charge in [-0.3, -0.25) is 0 Å². The zero-order valence-corrected chi connectivity index (χ0v) is 17.2. The second-order valence-corrected chi connectivity index (χ2v) is 7.33. The SMILES string of the molecule is COCC(C)c1cn(C)c2nc(-c3ccc(C(C)C)nc3OC)c(C)nc12. The van der Waals surface area contributed by atoms with Crippen LogP contribution in [0.3, 0.4) is 0 Å². The Bertz CT molecular complexity index is 962. The van der Waals surface area contributed by atoms with Crippen molar-refractivity contribution in [1.82, 2.24) is 19.5 Å². The maximum atomic E-state index is 5.56. The van der Waals surface area contributed by atoms with Gasteiger partial charge in [0.15, 0.2) is 5.65 Å². The van der Waals surface area contributed by atoms with Crippen molar-refractivity contribution in [3.05, 3.63) is 35.3 Å². The highest BCUT2D eigenvalue weighted by Crippen LogP contribution is 2.33. The summed E-state index contributed by atoms with van der Waals surface area (Å²) in [5, 5.41) is 0. The first kappa shape index (κ1) is 19.3. The van der Waals surface area contributed by atoms with Gasteiger partial charge in [0.25, 0.3) is 0 Å². The van der Waals surface area contributed by atoms with Crippen molar-refractivity contribution < 1.29 is 9.47 Å². The monoisotopic (exact) mass is 368 g/mol. The van der Waals surface area contributed by atoms with E-state index in [9.17, 15) is 0 Å². The van der Waals surface area contributed by atoms with Crippen LogP contribution in [0, 0.1) is 6.92 Å². The van der Waals surface area contributed by atoms with Gasteiger partial charge in [-0.15, -0.1) is 0 Å². The fourth-order valence-corrected chi connectivity index (χ4v) is 3.35. The summed E-state index contributed by atoms with van der Waals surface area (Å²) in [6.45, 7) is 9.00. The summed E-state index contributed by atoms with van der Waals surface area (Å²) < 4.78 is 12.9. The zero-order chi connectivity index (χ0) is 19.7. The molecule has 0 fully saturated rings. The van der Waals surface area contributed by atoms with Crippen molar-refractivity contribution in [2.24, 2.45) is 7.05 Å². The molecule has 0 saturated carbocycles. The van der Waals surface area contributed by atoms with Gasteiger partial charge in [-0.2, -0.15) is 0 Å². The van der Waals surface area contributed by atoms with Crippen LogP contribution in [-0.4, -0.2) is 40.3 Å². The lowest BCUT2D eigenvalue weighted by Gasteiger charge is -2.13. The fourth-order valence-electron chi connectivity index (χ4n) is 3.35. The minimum Gasteiger partial charge on any atom is -0.480 e. The lowest BCUT2D eigenvalue weighted by Crippen LogP contribution is -2.03. The number of nitrogens with zero attached hydrogens (tertiary/aromatic N) is 4. The Morgan fingerprint density at radius 3 is 2.44 bits per heavy atom. The average Bonchev–Trinajstić information content (AvgIpc) is 2.96. The van der Waals surface area contributed by atoms with Gasteiger partial charge < -0.3 is 14.0 Å². The number of fused-ring (bicyclic) bond motifs is 1. The normalized spacial score (nSPS) is 12.7. The molecule has 0 radical (unpaired) electrons. The average molecular weight is 368 g/mol. The maximum Gasteiger partial charge on any atom is 0.222 e. The standard InChI is InChI=1S/C21H28N4O2/c1-12(2)17-9-8-15(21(23-17)27-7)18-14(4)22-19-16(13(3)11-26-6)10-25(5)20(19)24-18/h8-10,12-13H,11H2,1-7H3. The number of methoxy groups -OCH3 is 2. The largest absolute Gasteiger partial charge is 0.480 e. The summed E-state index contributed by atoms with van der Waals surface area (Å²) in [6.07, 6.45) is 2.09. The van der Waals surface area contributed by atoms with Gasteiger partial charge in [0, 0.05) is 37.5 Å². The Labute approximate surface area is 160 Å². The Hall–Kier alpha value is -2.47. The lowest BCUT2D eigenvalue weighted by atomic mass is 10.0. The fraction of sp³-hybridized carbons (Fsp3) is 0.476. The van der Waals surface area contributed by atoms with Crippen molar-refractivity contribution in [3.8, 4) is 17.1 Å². The van der Waals surface area contributed by atoms with E-state index in [1.165, 1.54) is 0 Å². The molecular formula is C21H28N4O2. The molecule has 0 bridgehead atoms. The number of ether oxygens (including phenoxy) is 2. The van der Waals surface area contributed by atoms with Crippen LogP contribution in [-0.2, 0) is 11.8 Å². The van der Waals surface area contributed by atoms with Gasteiger partial charge in [-0.25, -0.2) is 15.0 Å². The highest BCUT2D eigenvalue weighted by molar-refractivity contribution is 5.81. The van der Waals surface area contributed by atoms with Crippen LogP contribution in [0.1, 0.15) is 49.6 Å². The van der Waals surface area contributed by atoms with E-state index in [1.807, 2.05) is 30.7 Å². The predicted octanol–water partition coefficient (Wildman–Crippen LogP) is 4.22. The first-order chi connectivity index (χ1) is 12.9. The summed E-state index contributed by atoms with van der Waals surface area (Å²) in [7, 11) is 5.36. The van der Waals surface area contributed by atoms with Crippen LogP contribution in [0.5, 0.6) is 5.88 Å². The molecule has 0 aliphatic rings. The zero-order valence-electron chi connectivity index (χ0n) is 17.2. The van der Waals surface area contributed by atoms with Gasteiger partial charge >= 0.3 is 0 Å². The third-order valence-corrected chi connectivity index (χ3v) is 4.86. The summed E-state index contributed by atoms with van der Waals surface area (Å²) in [5.41, 5.74) is 6.44. The first-order valence-electron chi connectivity index (χ1n) is 9.25. The highest BCUT2D eigenvalue weighted by Gasteiger charge is 2.20. The molecule has 1 atom stereocenters. The van der Waals surface area contributed by atoms with Crippen LogP contribution >= 0.6 is 0 Å². The first-order valence-corrected chi connectivity index (χ1v) is 9.25. The van der Waals surface area contributed by atoms with E-state index >= 15 is 0 Å². The van der Waals surface area contributed by atoms with Crippen molar-refractivity contribution in [2.75, 3.05) is 20.8 Å².